The Hall–Kier alpha value is -3.20. The number of fused-ring (bicyclic) bond motifs is 1. The van der Waals surface area contributed by atoms with E-state index in [1.165, 1.54) is 0 Å². The van der Waals surface area contributed by atoms with Crippen molar-refractivity contribution in [2.24, 2.45) is 0 Å². The Kier molecular flexibility index (Phi) is 8.07. The molecular formula is C31H37N3O4S. The average Bonchev–Trinajstić information content (AvgIpc) is 2.98. The van der Waals surface area contributed by atoms with E-state index in [1.807, 2.05) is 54.6 Å². The van der Waals surface area contributed by atoms with Crippen molar-refractivity contribution < 1.29 is 17.9 Å². The van der Waals surface area contributed by atoms with Crippen LogP contribution in [0.5, 0.6) is 5.75 Å². The summed E-state index contributed by atoms with van der Waals surface area (Å²) >= 11 is 0. The minimum Gasteiger partial charge on any atom is -0.487 e. The van der Waals surface area contributed by atoms with Gasteiger partial charge in [0.25, 0.3) is 5.91 Å². The van der Waals surface area contributed by atoms with Gasteiger partial charge in [0.05, 0.1) is 10.9 Å². The molecule has 1 atom stereocenters. The van der Waals surface area contributed by atoms with Crippen LogP contribution in [-0.4, -0.2) is 55.3 Å². The number of carbonyl (C=O) groups is 1. The van der Waals surface area contributed by atoms with Crippen LogP contribution in [-0.2, 0) is 16.6 Å². The van der Waals surface area contributed by atoms with Crippen molar-refractivity contribution in [3.63, 3.8) is 0 Å². The lowest BCUT2D eigenvalue weighted by Gasteiger charge is -2.41. The summed E-state index contributed by atoms with van der Waals surface area (Å²) in [7, 11) is -3.46. The van der Waals surface area contributed by atoms with Crippen LogP contribution in [0.25, 0.3) is 0 Å². The quantitative estimate of drug-likeness (QED) is 0.429. The number of hydrogen-bond acceptors (Lipinski definition) is 5. The molecule has 39 heavy (non-hydrogen) atoms. The summed E-state index contributed by atoms with van der Waals surface area (Å²) in [6.07, 6.45) is 2.50. The maximum Gasteiger partial charge on any atom is 0.251 e. The molecule has 3 aromatic rings. The molecule has 7 nitrogen and oxygen atoms in total. The van der Waals surface area contributed by atoms with Gasteiger partial charge >= 0.3 is 0 Å². The molecule has 0 spiro atoms. The van der Waals surface area contributed by atoms with Crippen LogP contribution in [0.3, 0.4) is 0 Å². The number of hydrogen-bond donors (Lipinski definition) is 1. The topological polar surface area (TPSA) is 79.0 Å². The monoisotopic (exact) mass is 547 g/mol. The molecule has 5 rings (SSSR count). The third kappa shape index (κ3) is 5.88. The van der Waals surface area contributed by atoms with Gasteiger partial charge in [0.1, 0.15) is 11.4 Å². The zero-order valence-corrected chi connectivity index (χ0v) is 23.5. The third-order valence-electron chi connectivity index (χ3n) is 8.13. The van der Waals surface area contributed by atoms with Gasteiger partial charge in [-0.1, -0.05) is 62.4 Å². The van der Waals surface area contributed by atoms with E-state index in [0.717, 1.165) is 36.1 Å². The van der Waals surface area contributed by atoms with Crippen LogP contribution < -0.4 is 10.1 Å². The van der Waals surface area contributed by atoms with E-state index >= 15 is 0 Å². The van der Waals surface area contributed by atoms with Crippen molar-refractivity contribution in [1.82, 2.24) is 14.5 Å². The number of piperazine rings is 1. The molecule has 3 aromatic carbocycles. The molecule has 0 radical (unpaired) electrons. The van der Waals surface area contributed by atoms with Crippen LogP contribution >= 0.6 is 0 Å². The molecule has 1 amide bonds. The SMILES string of the molecule is CCC1(CC)CC(NC(=O)c2ccc(CN3CCN(S(=O)(=O)c4ccccc4)CC3)cc2)c2ccccc2O1. The molecule has 8 heteroatoms. The van der Waals surface area contributed by atoms with E-state index in [1.54, 1.807) is 28.6 Å². The van der Waals surface area contributed by atoms with E-state index in [2.05, 4.69) is 24.1 Å². The normalized spacial score (nSPS) is 19.6. The summed E-state index contributed by atoms with van der Waals surface area (Å²) in [6.45, 7) is 7.23. The van der Waals surface area contributed by atoms with E-state index in [-0.39, 0.29) is 17.6 Å². The van der Waals surface area contributed by atoms with Gasteiger partial charge in [-0.25, -0.2) is 8.42 Å². The first-order chi connectivity index (χ1) is 18.8. The Labute approximate surface area is 231 Å². The van der Waals surface area contributed by atoms with Crippen molar-refractivity contribution in [2.45, 2.75) is 56.2 Å². The highest BCUT2D eigenvalue weighted by Gasteiger charge is 2.39. The molecule has 0 bridgehead atoms. The molecule has 1 unspecified atom stereocenters. The van der Waals surface area contributed by atoms with Gasteiger partial charge in [0.15, 0.2) is 0 Å². The zero-order valence-electron chi connectivity index (χ0n) is 22.7. The molecule has 0 aromatic heterocycles. The highest BCUT2D eigenvalue weighted by atomic mass is 32.2. The highest BCUT2D eigenvalue weighted by Crippen LogP contribution is 2.42. The predicted octanol–water partition coefficient (Wildman–Crippen LogP) is 5.01. The van der Waals surface area contributed by atoms with E-state index in [4.69, 9.17) is 4.74 Å². The van der Waals surface area contributed by atoms with Crippen molar-refractivity contribution in [3.8, 4) is 5.75 Å². The number of benzene rings is 3. The van der Waals surface area contributed by atoms with E-state index in [9.17, 15) is 13.2 Å². The second-order valence-corrected chi connectivity index (χ2v) is 12.4. The van der Waals surface area contributed by atoms with Crippen LogP contribution in [0.2, 0.25) is 0 Å². The molecule has 2 heterocycles. The summed E-state index contributed by atoms with van der Waals surface area (Å²) in [5, 5.41) is 3.26. The first-order valence-electron chi connectivity index (χ1n) is 13.8. The Morgan fingerprint density at radius 1 is 0.897 bits per heavy atom. The van der Waals surface area contributed by atoms with Crippen LogP contribution in [0.4, 0.5) is 0 Å². The molecule has 1 saturated heterocycles. The van der Waals surface area contributed by atoms with Gasteiger partial charge < -0.3 is 10.1 Å². The number of carbonyl (C=O) groups excluding carboxylic acids is 1. The van der Waals surface area contributed by atoms with E-state index in [0.29, 0.717) is 43.2 Å². The maximum absolute atomic E-state index is 13.2. The number of ether oxygens (including phenoxy) is 1. The number of nitrogens with zero attached hydrogens (tertiary/aromatic N) is 2. The average molecular weight is 548 g/mol. The Morgan fingerprint density at radius 3 is 2.21 bits per heavy atom. The highest BCUT2D eigenvalue weighted by molar-refractivity contribution is 7.89. The smallest absolute Gasteiger partial charge is 0.251 e. The lowest BCUT2D eigenvalue weighted by atomic mass is 9.83. The molecule has 2 aliphatic rings. The second-order valence-electron chi connectivity index (χ2n) is 10.5. The largest absolute Gasteiger partial charge is 0.487 e. The fourth-order valence-corrected chi connectivity index (χ4v) is 7.00. The minimum absolute atomic E-state index is 0.0934. The van der Waals surface area contributed by atoms with Gasteiger partial charge in [-0.2, -0.15) is 4.31 Å². The third-order valence-corrected chi connectivity index (χ3v) is 10.0. The molecule has 1 N–H and O–H groups in total. The van der Waals surface area contributed by atoms with Crippen molar-refractivity contribution >= 4 is 15.9 Å². The Balaban J connectivity index is 1.19. The van der Waals surface area contributed by atoms with Crippen molar-refractivity contribution in [3.05, 3.63) is 95.6 Å². The van der Waals surface area contributed by atoms with E-state index < -0.39 is 10.0 Å². The van der Waals surface area contributed by atoms with Crippen LogP contribution in [0.15, 0.2) is 83.8 Å². The summed E-state index contributed by atoms with van der Waals surface area (Å²) in [5.41, 5.74) is 2.47. The number of nitrogens with one attached hydrogen (secondary N) is 1. The summed E-state index contributed by atoms with van der Waals surface area (Å²) in [5.74, 6) is 0.758. The predicted molar refractivity (Wildman–Crippen MR) is 152 cm³/mol. The second kappa shape index (κ2) is 11.5. The maximum atomic E-state index is 13.2. The molecular weight excluding hydrogens is 510 g/mol. The molecule has 206 valence electrons. The fraction of sp³-hybridized carbons (Fsp3) is 0.387. The van der Waals surface area contributed by atoms with Crippen molar-refractivity contribution in [2.75, 3.05) is 26.2 Å². The van der Waals surface area contributed by atoms with Crippen LogP contribution in [0, 0.1) is 0 Å². The molecule has 0 aliphatic carbocycles. The fourth-order valence-electron chi connectivity index (χ4n) is 5.56. The Morgan fingerprint density at radius 2 is 1.54 bits per heavy atom. The first-order valence-corrected chi connectivity index (χ1v) is 15.2. The first kappa shape index (κ1) is 27.4. The molecule has 1 fully saturated rings. The van der Waals surface area contributed by atoms with Crippen LogP contribution in [0.1, 0.15) is 60.6 Å². The molecule has 2 aliphatic heterocycles. The summed E-state index contributed by atoms with van der Waals surface area (Å²) in [6, 6.07) is 24.2. The minimum atomic E-state index is -3.46. The zero-order chi connectivity index (χ0) is 27.5. The summed E-state index contributed by atoms with van der Waals surface area (Å²) < 4.78 is 33.7. The van der Waals surface area contributed by atoms with Gasteiger partial charge in [-0.15, -0.1) is 0 Å². The Bertz CT molecular complexity index is 1380. The summed E-state index contributed by atoms with van der Waals surface area (Å²) in [4.78, 5) is 15.8. The number of para-hydroxylation sites is 1. The number of rotatable bonds is 8. The lowest BCUT2D eigenvalue weighted by molar-refractivity contribution is 0.0227. The van der Waals surface area contributed by atoms with Gasteiger partial charge in [0, 0.05) is 50.3 Å². The lowest BCUT2D eigenvalue weighted by Crippen LogP contribution is -2.48. The standard InChI is InChI=1S/C31H37N3O4S/c1-3-31(4-2)22-28(27-12-8-9-13-29(27)38-31)32-30(35)25-16-14-24(15-17-25)23-33-18-20-34(21-19-33)39(36,37)26-10-6-5-7-11-26/h5-17,28H,3-4,18-23H2,1-2H3,(H,32,35). The molecule has 0 saturated carbocycles. The number of sulfonamides is 1. The van der Waals surface area contributed by atoms with Gasteiger partial charge in [-0.3, -0.25) is 9.69 Å². The van der Waals surface area contributed by atoms with Gasteiger partial charge in [0.2, 0.25) is 10.0 Å². The van der Waals surface area contributed by atoms with Gasteiger partial charge in [-0.05, 0) is 48.7 Å². The number of amides is 1. The van der Waals surface area contributed by atoms with Crippen molar-refractivity contribution in [1.29, 1.82) is 0 Å².